The van der Waals surface area contributed by atoms with E-state index in [1.807, 2.05) is 42.5 Å². The zero-order valence-electron chi connectivity index (χ0n) is 18.0. The summed E-state index contributed by atoms with van der Waals surface area (Å²) in [5, 5.41) is 3.09. The summed E-state index contributed by atoms with van der Waals surface area (Å²) in [4.78, 5) is 17.0. The Bertz CT molecular complexity index is 959. The van der Waals surface area contributed by atoms with Gasteiger partial charge in [0.2, 0.25) is 5.91 Å². The number of thioether (sulfide) groups is 1. The molecule has 0 aliphatic carbocycles. The lowest BCUT2D eigenvalue weighted by Crippen LogP contribution is -2.50. The first-order chi connectivity index (χ1) is 15.7. The largest absolute Gasteiger partial charge is 0.468 e. The monoisotopic (exact) mass is 453 g/mol. The Morgan fingerprint density at radius 2 is 1.75 bits per heavy atom. The molecule has 5 nitrogen and oxygen atoms in total. The summed E-state index contributed by atoms with van der Waals surface area (Å²) >= 11 is 1.62. The number of amides is 1. The Hall–Kier alpha value is -2.77. The maximum Gasteiger partial charge on any atom is 0.230 e. The molecule has 1 atom stereocenters. The fourth-order valence-corrected chi connectivity index (χ4v) is 4.75. The molecule has 168 valence electrons. The second-order valence-electron chi connectivity index (χ2n) is 7.81. The molecule has 1 fully saturated rings. The van der Waals surface area contributed by atoms with Crippen molar-refractivity contribution in [3.05, 3.63) is 90.1 Å². The van der Waals surface area contributed by atoms with Crippen molar-refractivity contribution in [2.75, 3.05) is 43.4 Å². The molecule has 1 saturated heterocycles. The van der Waals surface area contributed by atoms with Crippen molar-refractivity contribution in [3.8, 4) is 0 Å². The van der Waals surface area contributed by atoms with Crippen LogP contribution >= 0.6 is 11.8 Å². The highest BCUT2D eigenvalue weighted by Gasteiger charge is 2.27. The summed E-state index contributed by atoms with van der Waals surface area (Å²) < 4.78 is 18.9. The first kappa shape index (κ1) is 22.4. The number of hydrogen-bond donors (Lipinski definition) is 1. The van der Waals surface area contributed by atoms with Crippen molar-refractivity contribution in [2.24, 2.45) is 0 Å². The van der Waals surface area contributed by atoms with Gasteiger partial charge in [0, 0.05) is 44.2 Å². The molecule has 0 bridgehead atoms. The van der Waals surface area contributed by atoms with E-state index >= 15 is 0 Å². The molecule has 32 heavy (non-hydrogen) atoms. The van der Waals surface area contributed by atoms with Gasteiger partial charge >= 0.3 is 0 Å². The fraction of sp³-hybridized carbons (Fsp3) is 0.320. The number of carbonyl (C=O) groups excluding carboxylic acids is 1. The zero-order valence-corrected chi connectivity index (χ0v) is 18.8. The van der Waals surface area contributed by atoms with E-state index in [2.05, 4.69) is 27.2 Å². The fourth-order valence-electron chi connectivity index (χ4n) is 3.93. The average Bonchev–Trinajstić information content (AvgIpc) is 3.36. The maximum absolute atomic E-state index is 13.2. The van der Waals surface area contributed by atoms with Crippen molar-refractivity contribution in [3.63, 3.8) is 0 Å². The van der Waals surface area contributed by atoms with Gasteiger partial charge in [-0.3, -0.25) is 9.69 Å². The molecule has 7 heteroatoms. The third-order valence-electron chi connectivity index (χ3n) is 5.66. The topological polar surface area (TPSA) is 48.7 Å². The summed E-state index contributed by atoms with van der Waals surface area (Å²) in [6.07, 6.45) is 1.68. The molecule has 4 rings (SSSR count). The van der Waals surface area contributed by atoms with Gasteiger partial charge in [0.05, 0.1) is 18.1 Å². The lowest BCUT2D eigenvalue weighted by Gasteiger charge is -2.39. The standard InChI is InChI=1S/C25H28FN3O2S/c26-21-8-10-22(11-9-21)28-12-14-29(15-13-28)23(24-7-4-16-31-24)17-27-25(30)19-32-18-20-5-2-1-3-6-20/h1-11,16,23H,12-15,17-19H2,(H,27,30). The lowest BCUT2D eigenvalue weighted by molar-refractivity contribution is -0.118. The smallest absolute Gasteiger partial charge is 0.230 e. The highest BCUT2D eigenvalue weighted by Crippen LogP contribution is 2.24. The van der Waals surface area contributed by atoms with Crippen molar-refractivity contribution in [1.29, 1.82) is 0 Å². The molecule has 1 amide bonds. The number of nitrogens with one attached hydrogen (secondary N) is 1. The second kappa shape index (κ2) is 11.2. The van der Waals surface area contributed by atoms with Crippen LogP contribution in [-0.4, -0.2) is 49.3 Å². The van der Waals surface area contributed by atoms with Crippen LogP contribution in [0.25, 0.3) is 0 Å². The maximum atomic E-state index is 13.2. The van der Waals surface area contributed by atoms with Gasteiger partial charge < -0.3 is 14.6 Å². The van der Waals surface area contributed by atoms with Crippen LogP contribution in [0.1, 0.15) is 17.4 Å². The highest BCUT2D eigenvalue weighted by molar-refractivity contribution is 7.99. The van der Waals surface area contributed by atoms with E-state index in [0.29, 0.717) is 12.3 Å². The second-order valence-corrected chi connectivity index (χ2v) is 8.80. The van der Waals surface area contributed by atoms with Gasteiger partial charge in [0.25, 0.3) is 0 Å². The summed E-state index contributed by atoms with van der Waals surface area (Å²) in [6, 6.07) is 20.6. The minimum Gasteiger partial charge on any atom is -0.468 e. The Morgan fingerprint density at radius 3 is 2.44 bits per heavy atom. The molecule has 1 N–H and O–H groups in total. The molecule has 1 aliphatic rings. The Kier molecular flexibility index (Phi) is 7.85. The minimum atomic E-state index is -0.219. The Morgan fingerprint density at radius 1 is 1.00 bits per heavy atom. The third kappa shape index (κ3) is 6.14. The molecule has 0 spiro atoms. The van der Waals surface area contributed by atoms with Crippen LogP contribution in [-0.2, 0) is 10.5 Å². The van der Waals surface area contributed by atoms with Gasteiger partial charge in [-0.1, -0.05) is 30.3 Å². The first-order valence-electron chi connectivity index (χ1n) is 10.9. The van der Waals surface area contributed by atoms with E-state index in [-0.39, 0.29) is 17.8 Å². The van der Waals surface area contributed by atoms with Gasteiger partial charge in [0.15, 0.2) is 0 Å². The normalized spacial score (nSPS) is 15.5. The van der Waals surface area contributed by atoms with Crippen molar-refractivity contribution in [1.82, 2.24) is 10.2 Å². The van der Waals surface area contributed by atoms with E-state index in [1.54, 1.807) is 18.0 Å². The molecule has 1 aliphatic heterocycles. The van der Waals surface area contributed by atoms with Crippen molar-refractivity contribution >= 4 is 23.4 Å². The summed E-state index contributed by atoms with van der Waals surface area (Å²) in [7, 11) is 0. The first-order valence-corrected chi connectivity index (χ1v) is 12.0. The molecule has 0 radical (unpaired) electrons. The summed E-state index contributed by atoms with van der Waals surface area (Å²) in [6.45, 7) is 3.85. The predicted molar refractivity (Wildman–Crippen MR) is 127 cm³/mol. The molecular weight excluding hydrogens is 425 g/mol. The van der Waals surface area contributed by atoms with Gasteiger partial charge in [-0.05, 0) is 42.0 Å². The number of piperazine rings is 1. The molecule has 1 aromatic heterocycles. The molecule has 2 heterocycles. The van der Waals surface area contributed by atoms with Crippen LogP contribution in [0.3, 0.4) is 0 Å². The number of halogens is 1. The van der Waals surface area contributed by atoms with E-state index < -0.39 is 0 Å². The van der Waals surface area contributed by atoms with E-state index in [0.717, 1.165) is 43.4 Å². The van der Waals surface area contributed by atoms with E-state index in [4.69, 9.17) is 4.42 Å². The SMILES string of the molecule is O=C(CSCc1ccccc1)NCC(c1ccco1)N1CCN(c2ccc(F)cc2)CC1. The molecular formula is C25H28FN3O2S. The third-order valence-corrected chi connectivity index (χ3v) is 6.66. The average molecular weight is 454 g/mol. The number of carbonyl (C=O) groups is 1. The van der Waals surface area contributed by atoms with Crippen molar-refractivity contribution in [2.45, 2.75) is 11.8 Å². The van der Waals surface area contributed by atoms with Crippen LogP contribution in [0.2, 0.25) is 0 Å². The number of hydrogen-bond acceptors (Lipinski definition) is 5. The van der Waals surface area contributed by atoms with Gasteiger partial charge in [0.1, 0.15) is 11.6 Å². The van der Waals surface area contributed by atoms with Crippen molar-refractivity contribution < 1.29 is 13.6 Å². The number of nitrogens with zero attached hydrogens (tertiary/aromatic N) is 2. The quantitative estimate of drug-likeness (QED) is 0.523. The number of rotatable bonds is 9. The van der Waals surface area contributed by atoms with Crippen LogP contribution < -0.4 is 10.2 Å². The molecule has 0 saturated carbocycles. The van der Waals surface area contributed by atoms with E-state index in [9.17, 15) is 9.18 Å². The van der Waals surface area contributed by atoms with Crippen LogP contribution in [0, 0.1) is 5.82 Å². The molecule has 3 aromatic rings. The number of furan rings is 1. The van der Waals surface area contributed by atoms with Gasteiger partial charge in [-0.2, -0.15) is 0 Å². The van der Waals surface area contributed by atoms with E-state index in [1.165, 1.54) is 17.7 Å². The minimum absolute atomic E-state index is 0.0107. The Balaban J connectivity index is 1.28. The zero-order chi connectivity index (χ0) is 22.2. The number of benzene rings is 2. The molecule has 1 unspecified atom stereocenters. The van der Waals surface area contributed by atoms with Gasteiger partial charge in [-0.25, -0.2) is 4.39 Å². The highest BCUT2D eigenvalue weighted by atomic mass is 32.2. The van der Waals surface area contributed by atoms with Crippen LogP contribution in [0.15, 0.2) is 77.4 Å². The number of anilines is 1. The predicted octanol–water partition coefficient (Wildman–Crippen LogP) is 4.33. The van der Waals surface area contributed by atoms with Gasteiger partial charge in [-0.15, -0.1) is 11.8 Å². The van der Waals surface area contributed by atoms with Crippen LogP contribution in [0.4, 0.5) is 10.1 Å². The summed E-state index contributed by atoms with van der Waals surface area (Å²) in [5.41, 5.74) is 2.25. The molecule has 2 aromatic carbocycles. The van der Waals surface area contributed by atoms with Crippen LogP contribution in [0.5, 0.6) is 0 Å². The Labute approximate surface area is 192 Å². The summed E-state index contributed by atoms with van der Waals surface area (Å²) in [5.74, 6) is 1.92. The lowest BCUT2D eigenvalue weighted by atomic mass is 10.1.